The highest BCUT2D eigenvalue weighted by Crippen LogP contribution is 2.35. The minimum absolute atomic E-state index is 0.248. The van der Waals surface area contributed by atoms with Crippen LogP contribution < -0.4 is 0 Å². The van der Waals surface area contributed by atoms with Gasteiger partial charge in [0.1, 0.15) is 0 Å². The van der Waals surface area contributed by atoms with E-state index in [4.69, 9.17) is 5.26 Å². The number of nitrogens with zero attached hydrogens (tertiary/aromatic N) is 2. The van der Waals surface area contributed by atoms with Gasteiger partial charge in [-0.05, 0) is 32.2 Å². The van der Waals surface area contributed by atoms with Gasteiger partial charge in [-0.1, -0.05) is 19.8 Å². The van der Waals surface area contributed by atoms with Crippen LogP contribution in [0, 0.1) is 23.2 Å². The quantitative estimate of drug-likeness (QED) is 0.774. The first-order valence-corrected chi connectivity index (χ1v) is 6.54. The van der Waals surface area contributed by atoms with Gasteiger partial charge in [0.25, 0.3) is 0 Å². The van der Waals surface area contributed by atoms with Crippen LogP contribution in [0.25, 0.3) is 0 Å². The summed E-state index contributed by atoms with van der Waals surface area (Å²) in [4.78, 5) is 1.32. The predicted octanol–water partition coefficient (Wildman–Crippen LogP) is 3.59. The third-order valence-electron chi connectivity index (χ3n) is 3.78. The predicted molar refractivity (Wildman–Crippen MR) is 63.8 cm³/mol. The Hall–Kier alpha value is -0.760. The van der Waals surface area contributed by atoms with Gasteiger partial charge in [0, 0.05) is 6.04 Å². The lowest BCUT2D eigenvalue weighted by Crippen LogP contribution is -2.45. The molecule has 2 nitrogen and oxygen atoms in total. The average Bonchev–Trinajstić information content (AvgIpc) is 2.27. The molecular formula is C13H21F3N2. The van der Waals surface area contributed by atoms with Crippen LogP contribution in [0.4, 0.5) is 13.2 Å². The molecule has 1 aliphatic carbocycles. The second-order valence-corrected chi connectivity index (χ2v) is 5.30. The van der Waals surface area contributed by atoms with E-state index in [9.17, 15) is 13.2 Å². The molecule has 18 heavy (non-hydrogen) atoms. The highest BCUT2D eigenvalue weighted by atomic mass is 19.4. The standard InChI is InChI=1S/C13H21F3N2/c1-3-4-10-5-6-11(8-17)12(7-10)18(2)9-13(14,15)16/h10-12H,3-7,9H2,1-2H3. The number of hydrogen-bond donors (Lipinski definition) is 0. The summed E-state index contributed by atoms with van der Waals surface area (Å²) in [5, 5.41) is 9.07. The first kappa shape index (κ1) is 15.3. The van der Waals surface area contributed by atoms with Crippen LogP contribution in [0.5, 0.6) is 0 Å². The van der Waals surface area contributed by atoms with Gasteiger partial charge in [0.15, 0.2) is 0 Å². The first-order chi connectivity index (χ1) is 8.37. The summed E-state index contributed by atoms with van der Waals surface area (Å²) in [5.74, 6) is 0.214. The SMILES string of the molecule is CCCC1CCC(C#N)C(N(C)CC(F)(F)F)C1. The zero-order valence-electron chi connectivity index (χ0n) is 11.0. The Balaban J connectivity index is 2.65. The third kappa shape index (κ3) is 4.49. The monoisotopic (exact) mass is 262 g/mol. The van der Waals surface area contributed by atoms with E-state index in [1.165, 1.54) is 11.9 Å². The molecule has 1 saturated carbocycles. The van der Waals surface area contributed by atoms with Crippen molar-refractivity contribution in [1.82, 2.24) is 4.90 Å². The lowest BCUT2D eigenvalue weighted by molar-refractivity contribution is -0.150. The van der Waals surface area contributed by atoms with E-state index in [0.29, 0.717) is 5.92 Å². The Morgan fingerprint density at radius 2 is 2.00 bits per heavy atom. The van der Waals surface area contributed by atoms with Gasteiger partial charge in [-0.3, -0.25) is 4.90 Å². The first-order valence-electron chi connectivity index (χ1n) is 6.54. The molecule has 0 aliphatic heterocycles. The fourth-order valence-electron chi connectivity index (χ4n) is 2.94. The average molecular weight is 262 g/mol. The van der Waals surface area contributed by atoms with E-state index in [1.807, 2.05) is 0 Å². The van der Waals surface area contributed by atoms with Crippen LogP contribution in [0.1, 0.15) is 39.0 Å². The van der Waals surface area contributed by atoms with Gasteiger partial charge in [0.05, 0.1) is 18.5 Å². The zero-order valence-corrected chi connectivity index (χ0v) is 11.0. The van der Waals surface area contributed by atoms with E-state index >= 15 is 0 Å². The Morgan fingerprint density at radius 3 is 2.50 bits per heavy atom. The van der Waals surface area contributed by atoms with Crippen molar-refractivity contribution in [2.75, 3.05) is 13.6 Å². The minimum Gasteiger partial charge on any atom is -0.294 e. The Labute approximate surface area is 107 Å². The van der Waals surface area contributed by atoms with Gasteiger partial charge in [0.2, 0.25) is 0 Å². The summed E-state index contributed by atoms with van der Waals surface area (Å²) in [7, 11) is 1.48. The van der Waals surface area contributed by atoms with Crippen LogP contribution >= 0.6 is 0 Å². The van der Waals surface area contributed by atoms with Crippen molar-refractivity contribution in [1.29, 1.82) is 5.26 Å². The van der Waals surface area contributed by atoms with Gasteiger partial charge in [-0.2, -0.15) is 18.4 Å². The molecule has 0 aromatic rings. The fourth-order valence-corrected chi connectivity index (χ4v) is 2.94. The summed E-state index contributed by atoms with van der Waals surface area (Å²) < 4.78 is 37.2. The maximum Gasteiger partial charge on any atom is 0.401 e. The molecule has 1 rings (SSSR count). The molecule has 0 bridgehead atoms. The van der Waals surface area contributed by atoms with E-state index in [1.54, 1.807) is 0 Å². The number of halogens is 3. The van der Waals surface area contributed by atoms with Crippen molar-refractivity contribution in [2.45, 2.75) is 51.2 Å². The molecule has 0 aromatic heterocycles. The van der Waals surface area contributed by atoms with Gasteiger partial charge in [-0.25, -0.2) is 0 Å². The molecule has 1 fully saturated rings. The number of alkyl halides is 3. The van der Waals surface area contributed by atoms with Crippen LogP contribution in [0.2, 0.25) is 0 Å². The van der Waals surface area contributed by atoms with E-state index in [0.717, 1.165) is 32.1 Å². The van der Waals surface area contributed by atoms with E-state index < -0.39 is 12.7 Å². The van der Waals surface area contributed by atoms with Gasteiger partial charge >= 0.3 is 6.18 Å². The summed E-state index contributed by atoms with van der Waals surface area (Å²) >= 11 is 0. The van der Waals surface area contributed by atoms with E-state index in [2.05, 4.69) is 13.0 Å². The van der Waals surface area contributed by atoms with Crippen molar-refractivity contribution >= 4 is 0 Å². The molecule has 3 atom stereocenters. The maximum absolute atomic E-state index is 12.4. The minimum atomic E-state index is -4.19. The van der Waals surface area contributed by atoms with Crippen molar-refractivity contribution in [2.24, 2.45) is 11.8 Å². The maximum atomic E-state index is 12.4. The summed E-state index contributed by atoms with van der Waals surface area (Å²) in [6, 6.07) is 1.93. The molecule has 3 unspecified atom stereocenters. The normalized spacial score (nSPS) is 29.3. The van der Waals surface area contributed by atoms with Crippen LogP contribution in [0.3, 0.4) is 0 Å². The van der Waals surface area contributed by atoms with E-state index in [-0.39, 0.29) is 12.0 Å². The molecule has 0 aromatic carbocycles. The number of rotatable bonds is 4. The lowest BCUT2D eigenvalue weighted by atomic mass is 9.76. The molecule has 5 heteroatoms. The fraction of sp³-hybridized carbons (Fsp3) is 0.923. The van der Waals surface area contributed by atoms with Crippen molar-refractivity contribution in [3.63, 3.8) is 0 Å². The molecule has 0 N–H and O–H groups in total. The molecule has 0 radical (unpaired) electrons. The second-order valence-electron chi connectivity index (χ2n) is 5.30. The topological polar surface area (TPSA) is 27.0 Å². The zero-order chi connectivity index (χ0) is 13.8. The number of nitriles is 1. The smallest absolute Gasteiger partial charge is 0.294 e. The van der Waals surface area contributed by atoms with Gasteiger partial charge in [-0.15, -0.1) is 0 Å². The second kappa shape index (κ2) is 6.42. The number of hydrogen-bond acceptors (Lipinski definition) is 2. The molecular weight excluding hydrogens is 241 g/mol. The molecule has 0 spiro atoms. The summed E-state index contributed by atoms with van der Waals surface area (Å²) in [6.45, 7) is 1.17. The molecule has 1 aliphatic rings. The van der Waals surface area contributed by atoms with Crippen molar-refractivity contribution in [3.8, 4) is 6.07 Å². The molecule has 0 heterocycles. The van der Waals surface area contributed by atoms with Gasteiger partial charge < -0.3 is 0 Å². The van der Waals surface area contributed by atoms with Crippen LogP contribution in [0.15, 0.2) is 0 Å². The molecule has 104 valence electrons. The molecule has 0 saturated heterocycles. The van der Waals surface area contributed by atoms with Crippen LogP contribution in [-0.2, 0) is 0 Å². The highest BCUT2D eigenvalue weighted by Gasteiger charge is 2.37. The summed E-state index contributed by atoms with van der Waals surface area (Å²) in [6.07, 6.45) is 0.341. The molecule has 0 amide bonds. The Bertz CT molecular complexity index is 296. The lowest BCUT2D eigenvalue weighted by Gasteiger charge is -2.38. The largest absolute Gasteiger partial charge is 0.401 e. The third-order valence-corrected chi connectivity index (χ3v) is 3.78. The Kier molecular flexibility index (Phi) is 5.46. The highest BCUT2D eigenvalue weighted by molar-refractivity contribution is 4.97. The van der Waals surface area contributed by atoms with Crippen molar-refractivity contribution in [3.05, 3.63) is 0 Å². The van der Waals surface area contributed by atoms with Crippen LogP contribution in [-0.4, -0.2) is 30.7 Å². The van der Waals surface area contributed by atoms with Crippen molar-refractivity contribution < 1.29 is 13.2 Å². The Morgan fingerprint density at radius 1 is 1.33 bits per heavy atom. The summed E-state index contributed by atoms with van der Waals surface area (Å²) in [5.41, 5.74) is 0.